The van der Waals surface area contributed by atoms with E-state index in [1.54, 1.807) is 24.3 Å². The van der Waals surface area contributed by atoms with Crippen molar-refractivity contribution in [3.05, 3.63) is 46.6 Å². The largest absolute Gasteiger partial charge is 0.494 e. The van der Waals surface area contributed by atoms with Crippen LogP contribution in [0.4, 0.5) is 0 Å². The maximum atomic E-state index is 13.0. The fourth-order valence-corrected chi connectivity index (χ4v) is 3.12. The molecule has 0 fully saturated rings. The molecule has 0 radical (unpaired) electrons. The van der Waals surface area contributed by atoms with Crippen molar-refractivity contribution in [2.45, 2.75) is 26.7 Å². The van der Waals surface area contributed by atoms with Crippen molar-refractivity contribution < 1.29 is 13.9 Å². The second kappa shape index (κ2) is 10.8. The molecule has 3 rings (SSSR count). The SMILES string of the molecule is CCNCCCOc1ccc2oc3ccc(OCCCNCC)cc3c(=O)c2c1. The summed E-state index contributed by atoms with van der Waals surface area (Å²) < 4.78 is 17.5. The van der Waals surface area contributed by atoms with Gasteiger partial charge >= 0.3 is 0 Å². The fourth-order valence-electron chi connectivity index (χ4n) is 3.12. The first-order valence-corrected chi connectivity index (χ1v) is 10.4. The van der Waals surface area contributed by atoms with Crippen molar-refractivity contribution in [2.75, 3.05) is 39.4 Å². The minimum atomic E-state index is -0.0718. The number of fused-ring (bicyclic) bond motifs is 2. The normalized spacial score (nSPS) is 11.2. The van der Waals surface area contributed by atoms with Crippen LogP contribution in [-0.2, 0) is 0 Å². The first kappa shape index (κ1) is 21.1. The van der Waals surface area contributed by atoms with Crippen molar-refractivity contribution in [1.82, 2.24) is 10.6 Å². The summed E-state index contributed by atoms with van der Waals surface area (Å²) in [6.07, 6.45) is 1.82. The van der Waals surface area contributed by atoms with Crippen molar-refractivity contribution in [3.63, 3.8) is 0 Å². The molecule has 156 valence electrons. The Morgan fingerprint density at radius 3 is 1.72 bits per heavy atom. The topological polar surface area (TPSA) is 72.7 Å². The lowest BCUT2D eigenvalue weighted by atomic mass is 10.1. The molecular formula is C23H30N2O4. The molecule has 2 N–H and O–H groups in total. The average Bonchev–Trinajstić information content (AvgIpc) is 2.74. The molecule has 1 heterocycles. The molecule has 2 aromatic carbocycles. The summed E-state index contributed by atoms with van der Waals surface area (Å²) >= 11 is 0. The van der Waals surface area contributed by atoms with Crippen LogP contribution in [0.15, 0.2) is 45.6 Å². The van der Waals surface area contributed by atoms with Crippen LogP contribution in [0.2, 0.25) is 0 Å². The molecule has 0 saturated heterocycles. The number of ether oxygens (including phenoxy) is 2. The lowest BCUT2D eigenvalue weighted by Gasteiger charge is -2.09. The van der Waals surface area contributed by atoms with Crippen molar-refractivity contribution in [3.8, 4) is 11.5 Å². The Labute approximate surface area is 171 Å². The van der Waals surface area contributed by atoms with Gasteiger partial charge in [-0.05, 0) is 75.4 Å². The van der Waals surface area contributed by atoms with Crippen LogP contribution in [0.1, 0.15) is 26.7 Å². The van der Waals surface area contributed by atoms with Crippen LogP contribution in [0.3, 0.4) is 0 Å². The maximum absolute atomic E-state index is 13.0. The summed E-state index contributed by atoms with van der Waals surface area (Å²) in [5, 5.41) is 7.56. The van der Waals surface area contributed by atoms with E-state index in [1.165, 1.54) is 0 Å². The molecule has 1 aromatic heterocycles. The van der Waals surface area contributed by atoms with Gasteiger partial charge in [-0.15, -0.1) is 0 Å². The third kappa shape index (κ3) is 5.71. The molecule has 0 atom stereocenters. The molecule has 6 nitrogen and oxygen atoms in total. The van der Waals surface area contributed by atoms with Gasteiger partial charge in [-0.1, -0.05) is 13.8 Å². The van der Waals surface area contributed by atoms with Crippen LogP contribution < -0.4 is 25.5 Å². The lowest BCUT2D eigenvalue weighted by molar-refractivity contribution is 0.309. The molecule has 29 heavy (non-hydrogen) atoms. The van der Waals surface area contributed by atoms with E-state index in [9.17, 15) is 4.79 Å². The zero-order valence-electron chi connectivity index (χ0n) is 17.3. The Morgan fingerprint density at radius 1 is 0.793 bits per heavy atom. The van der Waals surface area contributed by atoms with Gasteiger partial charge in [-0.3, -0.25) is 4.79 Å². The van der Waals surface area contributed by atoms with Gasteiger partial charge < -0.3 is 24.5 Å². The molecule has 0 aliphatic carbocycles. The number of rotatable bonds is 12. The molecular weight excluding hydrogens is 368 g/mol. The van der Waals surface area contributed by atoms with Crippen LogP contribution >= 0.6 is 0 Å². The monoisotopic (exact) mass is 398 g/mol. The fraction of sp³-hybridized carbons (Fsp3) is 0.435. The van der Waals surface area contributed by atoms with Crippen LogP contribution in [-0.4, -0.2) is 39.4 Å². The van der Waals surface area contributed by atoms with Crippen LogP contribution in [0.25, 0.3) is 21.9 Å². The molecule has 0 bridgehead atoms. The highest BCUT2D eigenvalue weighted by Gasteiger charge is 2.10. The van der Waals surface area contributed by atoms with Crippen molar-refractivity contribution in [1.29, 1.82) is 0 Å². The summed E-state index contributed by atoms with van der Waals surface area (Å²) in [7, 11) is 0. The first-order chi connectivity index (χ1) is 14.2. The Bertz CT molecular complexity index is 909. The molecule has 0 aliphatic heterocycles. The predicted octanol–water partition coefficient (Wildman–Crippen LogP) is 3.70. The lowest BCUT2D eigenvalue weighted by Crippen LogP contribution is -2.16. The smallest absolute Gasteiger partial charge is 0.200 e. The highest BCUT2D eigenvalue weighted by atomic mass is 16.5. The van der Waals surface area contributed by atoms with Gasteiger partial charge in [0, 0.05) is 0 Å². The van der Waals surface area contributed by atoms with Crippen molar-refractivity contribution >= 4 is 21.9 Å². The zero-order valence-corrected chi connectivity index (χ0v) is 17.3. The van der Waals surface area contributed by atoms with E-state index in [0.717, 1.165) is 39.0 Å². The molecule has 0 unspecified atom stereocenters. The van der Waals surface area contributed by atoms with Gasteiger partial charge in [0.25, 0.3) is 0 Å². The Kier molecular flexibility index (Phi) is 7.90. The van der Waals surface area contributed by atoms with E-state index in [-0.39, 0.29) is 5.43 Å². The Morgan fingerprint density at radius 2 is 1.28 bits per heavy atom. The van der Waals surface area contributed by atoms with E-state index in [2.05, 4.69) is 24.5 Å². The van der Waals surface area contributed by atoms with Crippen LogP contribution in [0, 0.1) is 0 Å². The summed E-state index contributed by atoms with van der Waals surface area (Å²) in [5.74, 6) is 1.35. The Hall–Kier alpha value is -2.57. The predicted molar refractivity (Wildman–Crippen MR) is 117 cm³/mol. The maximum Gasteiger partial charge on any atom is 0.200 e. The summed E-state index contributed by atoms with van der Waals surface area (Å²) in [6, 6.07) is 10.8. The molecule has 0 spiro atoms. The quantitative estimate of drug-likeness (QED) is 0.358. The molecule has 6 heteroatoms. The van der Waals surface area contributed by atoms with Gasteiger partial charge in [0.2, 0.25) is 5.43 Å². The average molecular weight is 399 g/mol. The highest BCUT2D eigenvalue weighted by molar-refractivity contribution is 5.90. The number of hydrogen-bond donors (Lipinski definition) is 2. The first-order valence-electron chi connectivity index (χ1n) is 10.4. The molecule has 0 saturated carbocycles. The molecule has 0 aliphatic rings. The second-order valence-electron chi connectivity index (χ2n) is 6.86. The zero-order chi connectivity index (χ0) is 20.5. The van der Waals surface area contributed by atoms with E-state index in [4.69, 9.17) is 13.9 Å². The highest BCUT2D eigenvalue weighted by Crippen LogP contribution is 2.25. The van der Waals surface area contributed by atoms with Gasteiger partial charge in [-0.25, -0.2) is 0 Å². The van der Waals surface area contributed by atoms with Crippen LogP contribution in [0.5, 0.6) is 11.5 Å². The third-order valence-electron chi connectivity index (χ3n) is 4.64. The van der Waals surface area contributed by atoms with E-state index in [0.29, 0.717) is 46.7 Å². The van der Waals surface area contributed by atoms with Crippen molar-refractivity contribution in [2.24, 2.45) is 0 Å². The van der Waals surface area contributed by atoms with Gasteiger partial charge in [-0.2, -0.15) is 0 Å². The number of benzene rings is 2. The minimum Gasteiger partial charge on any atom is -0.494 e. The molecule has 0 amide bonds. The number of hydrogen-bond acceptors (Lipinski definition) is 6. The summed E-state index contributed by atoms with van der Waals surface area (Å²) in [6.45, 7) is 9.07. The molecule has 3 aromatic rings. The van der Waals surface area contributed by atoms with Gasteiger partial charge in [0.1, 0.15) is 22.7 Å². The third-order valence-corrected chi connectivity index (χ3v) is 4.64. The van der Waals surface area contributed by atoms with Gasteiger partial charge in [0.05, 0.1) is 24.0 Å². The van der Waals surface area contributed by atoms with E-state index >= 15 is 0 Å². The van der Waals surface area contributed by atoms with E-state index in [1.807, 2.05) is 12.1 Å². The summed E-state index contributed by atoms with van der Waals surface area (Å²) in [4.78, 5) is 13.0. The summed E-state index contributed by atoms with van der Waals surface area (Å²) in [5.41, 5.74) is 1.04. The number of nitrogens with one attached hydrogen (secondary N) is 2. The van der Waals surface area contributed by atoms with Gasteiger partial charge in [0.15, 0.2) is 0 Å². The minimum absolute atomic E-state index is 0.0718. The Balaban J connectivity index is 1.76. The van der Waals surface area contributed by atoms with E-state index < -0.39 is 0 Å². The standard InChI is InChI=1S/C23H30N2O4/c1-3-24-11-5-13-27-17-7-9-21-19(15-17)23(26)20-16-18(8-10-22(20)29-21)28-14-6-12-25-4-2/h7-10,15-16,24-25H,3-6,11-14H2,1-2H3. The second-order valence-corrected chi connectivity index (χ2v) is 6.86.